The molecule has 9 heteroatoms. The number of rotatable bonds is 9. The van der Waals surface area contributed by atoms with Crippen molar-refractivity contribution in [2.75, 3.05) is 25.1 Å². The van der Waals surface area contributed by atoms with Gasteiger partial charge in [-0.15, -0.1) is 0 Å². The number of nitro benzene ring substituents is 1. The zero-order valence-corrected chi connectivity index (χ0v) is 18.0. The minimum Gasteiger partial charge on any atom is -0.454 e. The molecule has 0 radical (unpaired) electrons. The Bertz CT molecular complexity index is 991. The third-order valence-corrected chi connectivity index (χ3v) is 5.42. The molecule has 166 valence electrons. The summed E-state index contributed by atoms with van der Waals surface area (Å²) in [6.07, 6.45) is 2.18. The lowest BCUT2D eigenvalue weighted by Crippen LogP contribution is -2.18. The van der Waals surface area contributed by atoms with Crippen molar-refractivity contribution >= 4 is 23.1 Å². The summed E-state index contributed by atoms with van der Waals surface area (Å²) in [4.78, 5) is 35.8. The van der Waals surface area contributed by atoms with E-state index in [1.165, 1.54) is 12.1 Å². The first-order chi connectivity index (χ1) is 14.8. The minimum absolute atomic E-state index is 0.0185. The highest BCUT2D eigenvalue weighted by molar-refractivity contribution is 6.00. The maximum Gasteiger partial charge on any atom is 0.338 e. The van der Waals surface area contributed by atoms with Crippen LogP contribution in [0.2, 0.25) is 0 Å². The molecule has 0 saturated carbocycles. The van der Waals surface area contributed by atoms with Gasteiger partial charge >= 0.3 is 5.97 Å². The number of benzene rings is 1. The molecule has 31 heavy (non-hydrogen) atoms. The van der Waals surface area contributed by atoms with E-state index in [4.69, 9.17) is 9.47 Å². The number of anilines is 1. The van der Waals surface area contributed by atoms with Gasteiger partial charge in [0.05, 0.1) is 16.6 Å². The number of Topliss-reactive ketones (excluding diaryl/α,β-unsaturated/α-hetero) is 1. The molecule has 1 fully saturated rings. The lowest BCUT2D eigenvalue weighted by Gasteiger charge is -2.14. The number of carbonyl (C=O) groups is 2. The fraction of sp³-hybridized carbons (Fsp3) is 0.455. The molecule has 2 aromatic rings. The maximum atomic E-state index is 12.7. The number of esters is 1. The Hall–Kier alpha value is -3.20. The fourth-order valence-corrected chi connectivity index (χ4v) is 3.80. The number of aromatic nitrogens is 1. The van der Waals surface area contributed by atoms with Gasteiger partial charge in [0, 0.05) is 42.7 Å². The van der Waals surface area contributed by atoms with E-state index < -0.39 is 17.5 Å². The molecule has 1 N–H and O–H groups in total. The van der Waals surface area contributed by atoms with Gasteiger partial charge in [-0.05, 0) is 51.8 Å². The number of carbonyl (C=O) groups excluding carboxylic acids is 2. The normalized spacial score (nSPS) is 15.6. The highest BCUT2D eigenvalue weighted by Gasteiger charge is 2.23. The van der Waals surface area contributed by atoms with Gasteiger partial charge in [0.1, 0.15) is 5.69 Å². The zero-order chi connectivity index (χ0) is 22.5. The molecule has 2 heterocycles. The molecule has 1 aliphatic rings. The van der Waals surface area contributed by atoms with E-state index in [9.17, 15) is 19.7 Å². The van der Waals surface area contributed by atoms with Gasteiger partial charge in [-0.2, -0.15) is 0 Å². The molecule has 1 aromatic heterocycles. The van der Waals surface area contributed by atoms with E-state index in [0.717, 1.165) is 36.9 Å². The van der Waals surface area contributed by atoms with E-state index in [0.29, 0.717) is 24.3 Å². The van der Waals surface area contributed by atoms with Crippen molar-refractivity contribution < 1.29 is 24.0 Å². The van der Waals surface area contributed by atoms with Gasteiger partial charge in [0.25, 0.3) is 5.69 Å². The van der Waals surface area contributed by atoms with Crippen molar-refractivity contribution in [3.8, 4) is 0 Å². The van der Waals surface area contributed by atoms with Crippen LogP contribution in [0.4, 0.5) is 11.4 Å². The van der Waals surface area contributed by atoms with Crippen LogP contribution < -0.4 is 5.32 Å². The second-order valence-electron chi connectivity index (χ2n) is 7.55. The number of ether oxygens (including phenoxy) is 2. The number of nitrogens with one attached hydrogen (secondary N) is 1. The summed E-state index contributed by atoms with van der Waals surface area (Å²) >= 11 is 0. The predicted octanol–water partition coefficient (Wildman–Crippen LogP) is 3.66. The highest BCUT2D eigenvalue weighted by atomic mass is 16.6. The van der Waals surface area contributed by atoms with Crippen molar-refractivity contribution in [1.29, 1.82) is 0 Å². The Morgan fingerprint density at radius 3 is 2.74 bits per heavy atom. The van der Waals surface area contributed by atoms with Crippen molar-refractivity contribution in [2.24, 2.45) is 0 Å². The third kappa shape index (κ3) is 5.11. The first kappa shape index (κ1) is 22.5. The fourth-order valence-electron chi connectivity index (χ4n) is 3.80. The van der Waals surface area contributed by atoms with Gasteiger partial charge in [-0.1, -0.05) is 0 Å². The quantitative estimate of drug-likeness (QED) is 0.280. The number of ketones is 1. The van der Waals surface area contributed by atoms with Crippen molar-refractivity contribution in [2.45, 2.75) is 46.3 Å². The van der Waals surface area contributed by atoms with Gasteiger partial charge < -0.3 is 19.4 Å². The summed E-state index contributed by atoms with van der Waals surface area (Å²) in [5.41, 5.74) is 2.36. The van der Waals surface area contributed by atoms with Crippen LogP contribution in [0.15, 0.2) is 24.3 Å². The average Bonchev–Trinajstić information content (AvgIpc) is 3.36. The molecule has 0 bridgehead atoms. The zero-order valence-electron chi connectivity index (χ0n) is 18.0. The number of hydrogen-bond acceptors (Lipinski definition) is 7. The first-order valence-electron chi connectivity index (χ1n) is 10.3. The molecular weight excluding hydrogens is 402 g/mol. The summed E-state index contributed by atoms with van der Waals surface area (Å²) in [5, 5.41) is 14.1. The molecular formula is C22H27N3O6. The Labute approximate surface area is 180 Å². The Morgan fingerprint density at radius 1 is 1.32 bits per heavy atom. The van der Waals surface area contributed by atoms with Crippen LogP contribution >= 0.6 is 0 Å². The van der Waals surface area contributed by atoms with Crippen LogP contribution in [0.1, 0.15) is 51.9 Å². The van der Waals surface area contributed by atoms with Gasteiger partial charge in [-0.25, -0.2) is 4.79 Å². The first-order valence-corrected chi connectivity index (χ1v) is 10.3. The highest BCUT2D eigenvalue weighted by Crippen LogP contribution is 2.26. The molecule has 0 spiro atoms. The monoisotopic (exact) mass is 429 g/mol. The molecule has 1 aromatic carbocycles. The molecule has 1 atom stereocenters. The summed E-state index contributed by atoms with van der Waals surface area (Å²) in [7, 11) is 0. The van der Waals surface area contributed by atoms with Gasteiger partial charge in [0.15, 0.2) is 6.61 Å². The maximum absolute atomic E-state index is 12.7. The number of nitrogens with zero attached hydrogens (tertiary/aromatic N) is 2. The third-order valence-electron chi connectivity index (χ3n) is 5.42. The summed E-state index contributed by atoms with van der Waals surface area (Å²) < 4.78 is 12.9. The molecule has 3 rings (SSSR count). The standard InChI is InChI=1S/C22H27N3O6/c1-4-23-19-8-7-16(11-20(19)25(28)29)22(27)31-13-21(26)18-10-14(2)24(15(18)3)12-17-6-5-9-30-17/h7-8,10-11,17,23H,4-6,9,12-13H2,1-3H3. The number of aryl methyl sites for hydroxylation is 1. The lowest BCUT2D eigenvalue weighted by molar-refractivity contribution is -0.384. The predicted molar refractivity (Wildman–Crippen MR) is 115 cm³/mol. The number of nitro groups is 1. The molecule has 0 amide bonds. The van der Waals surface area contributed by atoms with Crippen molar-refractivity contribution in [3.05, 3.63) is 56.9 Å². The van der Waals surface area contributed by atoms with Crippen LogP contribution in [-0.4, -0.2) is 47.1 Å². The van der Waals surface area contributed by atoms with E-state index in [1.54, 1.807) is 6.07 Å². The van der Waals surface area contributed by atoms with Gasteiger partial charge in [-0.3, -0.25) is 14.9 Å². The molecule has 1 saturated heterocycles. The van der Waals surface area contributed by atoms with Crippen LogP contribution in [0.25, 0.3) is 0 Å². The van der Waals surface area contributed by atoms with Crippen LogP contribution in [0.3, 0.4) is 0 Å². The van der Waals surface area contributed by atoms with E-state index in [-0.39, 0.29) is 23.1 Å². The Morgan fingerprint density at radius 2 is 2.10 bits per heavy atom. The van der Waals surface area contributed by atoms with Crippen LogP contribution in [-0.2, 0) is 16.0 Å². The second-order valence-corrected chi connectivity index (χ2v) is 7.55. The largest absolute Gasteiger partial charge is 0.454 e. The van der Waals surface area contributed by atoms with E-state index in [2.05, 4.69) is 5.32 Å². The van der Waals surface area contributed by atoms with E-state index >= 15 is 0 Å². The van der Waals surface area contributed by atoms with E-state index in [1.807, 2.05) is 25.3 Å². The Balaban J connectivity index is 1.67. The molecule has 1 aliphatic heterocycles. The van der Waals surface area contributed by atoms with Crippen molar-refractivity contribution in [3.63, 3.8) is 0 Å². The smallest absolute Gasteiger partial charge is 0.338 e. The molecule has 0 aliphatic carbocycles. The molecule has 9 nitrogen and oxygen atoms in total. The van der Waals surface area contributed by atoms with Crippen LogP contribution in [0, 0.1) is 24.0 Å². The number of hydrogen-bond donors (Lipinski definition) is 1. The lowest BCUT2D eigenvalue weighted by atomic mass is 10.1. The summed E-state index contributed by atoms with van der Waals surface area (Å²) in [6.45, 7) is 7.12. The minimum atomic E-state index is -0.785. The van der Waals surface area contributed by atoms with Crippen molar-refractivity contribution in [1.82, 2.24) is 4.57 Å². The SMILES string of the molecule is CCNc1ccc(C(=O)OCC(=O)c2cc(C)n(CC3CCCO3)c2C)cc1[N+](=O)[O-]. The Kier molecular flexibility index (Phi) is 7.06. The topological polar surface area (TPSA) is 113 Å². The molecule has 1 unspecified atom stereocenters. The van der Waals surface area contributed by atoms with Gasteiger partial charge in [0.2, 0.25) is 5.78 Å². The summed E-state index contributed by atoms with van der Waals surface area (Å²) in [6, 6.07) is 5.83. The summed E-state index contributed by atoms with van der Waals surface area (Å²) in [5.74, 6) is -1.11. The van der Waals surface area contributed by atoms with Crippen LogP contribution in [0.5, 0.6) is 0 Å². The second kappa shape index (κ2) is 9.74. The average molecular weight is 429 g/mol.